The van der Waals surface area contributed by atoms with Crippen LogP contribution in [0.3, 0.4) is 0 Å². The standard InChI is InChI=1S/C19H26N4O3/c1-14(2)15-11-16(26-21-15)18(24)22(3)12-19(25)8-6-10-23(13-19)17-7-4-5-9-20-17/h4-5,7,9,11,14,25H,6,8,10,12-13H2,1-3H3/t19-/m0/s1. The molecule has 0 radical (unpaired) electrons. The van der Waals surface area contributed by atoms with Gasteiger partial charge in [0.05, 0.1) is 17.8 Å². The lowest BCUT2D eigenvalue weighted by atomic mass is 9.92. The molecule has 0 aromatic carbocycles. The maximum Gasteiger partial charge on any atom is 0.292 e. The number of aromatic nitrogens is 2. The lowest BCUT2D eigenvalue weighted by Crippen LogP contribution is -2.54. The van der Waals surface area contributed by atoms with Gasteiger partial charge >= 0.3 is 0 Å². The fourth-order valence-electron chi connectivity index (χ4n) is 3.34. The number of carbonyl (C=O) groups excluding carboxylic acids is 1. The number of rotatable bonds is 5. The van der Waals surface area contributed by atoms with E-state index in [1.54, 1.807) is 19.3 Å². The SMILES string of the molecule is CC(C)c1cc(C(=O)N(C)C[C@@]2(O)CCCN(c3ccccn3)C2)on1. The number of aliphatic hydroxyl groups is 1. The highest BCUT2D eigenvalue weighted by molar-refractivity contribution is 5.91. The molecule has 7 heteroatoms. The fourth-order valence-corrected chi connectivity index (χ4v) is 3.34. The summed E-state index contributed by atoms with van der Waals surface area (Å²) in [6, 6.07) is 7.41. The molecule has 0 spiro atoms. The summed E-state index contributed by atoms with van der Waals surface area (Å²) >= 11 is 0. The molecule has 1 fully saturated rings. The van der Waals surface area contributed by atoms with E-state index in [1.165, 1.54) is 4.90 Å². The number of amides is 1. The summed E-state index contributed by atoms with van der Waals surface area (Å²) in [4.78, 5) is 20.5. The molecule has 26 heavy (non-hydrogen) atoms. The smallest absolute Gasteiger partial charge is 0.292 e. The van der Waals surface area contributed by atoms with Gasteiger partial charge < -0.3 is 19.4 Å². The molecule has 1 aliphatic rings. The van der Waals surface area contributed by atoms with E-state index in [1.807, 2.05) is 32.0 Å². The molecule has 1 atom stereocenters. The zero-order valence-corrected chi connectivity index (χ0v) is 15.6. The van der Waals surface area contributed by atoms with E-state index >= 15 is 0 Å². The van der Waals surface area contributed by atoms with E-state index in [0.29, 0.717) is 13.0 Å². The van der Waals surface area contributed by atoms with Crippen molar-refractivity contribution in [2.45, 2.75) is 38.2 Å². The molecule has 0 bridgehead atoms. The first-order valence-electron chi connectivity index (χ1n) is 8.98. The van der Waals surface area contributed by atoms with Crippen molar-refractivity contribution in [1.82, 2.24) is 15.0 Å². The number of pyridine rings is 1. The van der Waals surface area contributed by atoms with E-state index < -0.39 is 5.60 Å². The molecule has 0 saturated carbocycles. The second-order valence-electron chi connectivity index (χ2n) is 7.37. The lowest BCUT2D eigenvalue weighted by molar-refractivity contribution is -0.00106. The van der Waals surface area contributed by atoms with Crippen LogP contribution in [-0.2, 0) is 0 Å². The first-order chi connectivity index (χ1) is 12.4. The lowest BCUT2D eigenvalue weighted by Gasteiger charge is -2.41. The van der Waals surface area contributed by atoms with E-state index in [-0.39, 0.29) is 24.1 Å². The van der Waals surface area contributed by atoms with Gasteiger partial charge in [-0.3, -0.25) is 4.79 Å². The van der Waals surface area contributed by atoms with Crippen LogP contribution in [0.25, 0.3) is 0 Å². The Balaban J connectivity index is 1.67. The third-order valence-corrected chi connectivity index (χ3v) is 4.74. The zero-order chi connectivity index (χ0) is 18.7. The monoisotopic (exact) mass is 358 g/mol. The van der Waals surface area contributed by atoms with Crippen LogP contribution in [0, 0.1) is 0 Å². The van der Waals surface area contributed by atoms with Gasteiger partial charge in [-0.1, -0.05) is 25.1 Å². The molecule has 1 aliphatic heterocycles. The van der Waals surface area contributed by atoms with Gasteiger partial charge in [0.15, 0.2) is 0 Å². The Bertz CT molecular complexity index is 746. The van der Waals surface area contributed by atoms with Gasteiger partial charge in [0.1, 0.15) is 5.82 Å². The molecule has 1 amide bonds. The Hall–Kier alpha value is -2.41. The van der Waals surface area contributed by atoms with Gasteiger partial charge in [-0.05, 0) is 30.9 Å². The maximum atomic E-state index is 12.6. The predicted molar refractivity (Wildman–Crippen MR) is 98.2 cm³/mol. The third-order valence-electron chi connectivity index (χ3n) is 4.74. The highest BCUT2D eigenvalue weighted by Crippen LogP contribution is 2.26. The van der Waals surface area contributed by atoms with Crippen LogP contribution in [0.1, 0.15) is 48.9 Å². The molecule has 1 N–H and O–H groups in total. The highest BCUT2D eigenvalue weighted by Gasteiger charge is 2.36. The highest BCUT2D eigenvalue weighted by atomic mass is 16.5. The van der Waals surface area contributed by atoms with Gasteiger partial charge in [0.25, 0.3) is 5.91 Å². The van der Waals surface area contributed by atoms with Crippen LogP contribution in [0.5, 0.6) is 0 Å². The van der Waals surface area contributed by atoms with Crippen molar-refractivity contribution in [3.8, 4) is 0 Å². The van der Waals surface area contributed by atoms with Gasteiger partial charge in [-0.15, -0.1) is 0 Å². The summed E-state index contributed by atoms with van der Waals surface area (Å²) in [5.74, 6) is 0.974. The number of piperidine rings is 1. The molecule has 2 aromatic rings. The Kier molecular flexibility index (Phi) is 5.27. The molecular formula is C19H26N4O3. The Morgan fingerprint density at radius 2 is 2.27 bits per heavy atom. The number of nitrogens with zero attached hydrogens (tertiary/aromatic N) is 4. The summed E-state index contributed by atoms with van der Waals surface area (Å²) in [5.41, 5.74) is -0.236. The number of hydrogen-bond acceptors (Lipinski definition) is 6. The minimum absolute atomic E-state index is 0.195. The molecule has 3 rings (SSSR count). The fraction of sp³-hybridized carbons (Fsp3) is 0.526. The van der Waals surface area contributed by atoms with Crippen molar-refractivity contribution in [3.63, 3.8) is 0 Å². The summed E-state index contributed by atoms with van der Waals surface area (Å²) in [5, 5.41) is 15.0. The summed E-state index contributed by atoms with van der Waals surface area (Å²) in [7, 11) is 1.68. The van der Waals surface area contributed by atoms with Crippen molar-refractivity contribution in [2.75, 3.05) is 31.6 Å². The van der Waals surface area contributed by atoms with Crippen LogP contribution < -0.4 is 4.90 Å². The summed E-state index contributed by atoms with van der Waals surface area (Å²) < 4.78 is 5.18. The minimum atomic E-state index is -0.985. The zero-order valence-electron chi connectivity index (χ0n) is 15.6. The topological polar surface area (TPSA) is 82.7 Å². The Morgan fingerprint density at radius 3 is 2.92 bits per heavy atom. The van der Waals surface area contributed by atoms with E-state index in [4.69, 9.17) is 4.52 Å². The predicted octanol–water partition coefficient (Wildman–Crippen LogP) is 2.30. The molecule has 3 heterocycles. The van der Waals surface area contributed by atoms with Crippen molar-refractivity contribution < 1.29 is 14.4 Å². The van der Waals surface area contributed by atoms with E-state index in [2.05, 4.69) is 15.0 Å². The largest absolute Gasteiger partial charge is 0.386 e. The maximum absolute atomic E-state index is 12.6. The molecule has 0 aliphatic carbocycles. The quantitative estimate of drug-likeness (QED) is 0.883. The molecule has 1 saturated heterocycles. The molecule has 2 aromatic heterocycles. The van der Waals surface area contributed by atoms with Gasteiger partial charge in [0, 0.05) is 32.4 Å². The van der Waals surface area contributed by atoms with Crippen LogP contribution in [0.2, 0.25) is 0 Å². The number of anilines is 1. The summed E-state index contributed by atoms with van der Waals surface area (Å²) in [6.07, 6.45) is 3.23. The molecular weight excluding hydrogens is 332 g/mol. The molecule has 7 nitrogen and oxygen atoms in total. The van der Waals surface area contributed by atoms with Gasteiger partial charge in [-0.2, -0.15) is 0 Å². The van der Waals surface area contributed by atoms with Crippen LogP contribution >= 0.6 is 0 Å². The Morgan fingerprint density at radius 1 is 1.46 bits per heavy atom. The average Bonchev–Trinajstić information content (AvgIpc) is 3.12. The van der Waals surface area contributed by atoms with Crippen LogP contribution in [0.4, 0.5) is 5.82 Å². The molecule has 0 unspecified atom stereocenters. The van der Waals surface area contributed by atoms with Crippen LogP contribution in [0.15, 0.2) is 35.0 Å². The van der Waals surface area contributed by atoms with Crippen molar-refractivity contribution in [1.29, 1.82) is 0 Å². The summed E-state index contributed by atoms with van der Waals surface area (Å²) in [6.45, 7) is 5.50. The first-order valence-corrected chi connectivity index (χ1v) is 8.98. The molecule has 140 valence electrons. The number of likely N-dealkylation sites (N-methyl/N-ethyl adjacent to an activating group) is 1. The third kappa shape index (κ3) is 4.04. The van der Waals surface area contributed by atoms with Crippen molar-refractivity contribution in [3.05, 3.63) is 41.9 Å². The van der Waals surface area contributed by atoms with E-state index in [9.17, 15) is 9.90 Å². The van der Waals surface area contributed by atoms with Crippen molar-refractivity contribution >= 4 is 11.7 Å². The second-order valence-corrected chi connectivity index (χ2v) is 7.37. The number of hydrogen-bond donors (Lipinski definition) is 1. The number of β-amino-alcohol motifs (C(OH)–C–C–N with tert-alkyl or cyclic N) is 1. The van der Waals surface area contributed by atoms with E-state index in [0.717, 1.165) is 24.5 Å². The Labute approximate surface area is 153 Å². The van der Waals surface area contributed by atoms with Crippen LogP contribution in [-0.4, -0.2) is 58.3 Å². The normalized spacial score (nSPS) is 20.4. The first kappa shape index (κ1) is 18.4. The minimum Gasteiger partial charge on any atom is -0.386 e. The van der Waals surface area contributed by atoms with Gasteiger partial charge in [0.2, 0.25) is 5.76 Å². The second kappa shape index (κ2) is 7.45. The van der Waals surface area contributed by atoms with Crippen molar-refractivity contribution in [2.24, 2.45) is 0 Å². The number of carbonyl (C=O) groups is 1. The average molecular weight is 358 g/mol. The van der Waals surface area contributed by atoms with Gasteiger partial charge in [-0.25, -0.2) is 4.98 Å².